The molecule has 34 heavy (non-hydrogen) atoms. The molecule has 3 rings (SSSR count). The van der Waals surface area contributed by atoms with Crippen LogP contribution < -0.4 is 5.32 Å². The Morgan fingerprint density at radius 1 is 0.824 bits per heavy atom. The van der Waals surface area contributed by atoms with Gasteiger partial charge < -0.3 is 15.5 Å². The topological polar surface area (TPSA) is 104 Å². The van der Waals surface area contributed by atoms with Crippen molar-refractivity contribution in [1.29, 1.82) is 0 Å². The van der Waals surface area contributed by atoms with Gasteiger partial charge >= 0.3 is 11.9 Å². The summed E-state index contributed by atoms with van der Waals surface area (Å²) in [5, 5.41) is 21.4. The van der Waals surface area contributed by atoms with E-state index in [9.17, 15) is 19.5 Å². The first-order valence-electron chi connectivity index (χ1n) is 11.3. The zero-order valence-corrected chi connectivity index (χ0v) is 19.1. The van der Waals surface area contributed by atoms with Crippen LogP contribution in [0.5, 0.6) is 0 Å². The van der Waals surface area contributed by atoms with Crippen LogP contribution in [0.2, 0.25) is 0 Å². The Hall–Kier alpha value is -3.93. The Balaban J connectivity index is 1.80. The van der Waals surface area contributed by atoms with Crippen molar-refractivity contribution in [2.45, 2.75) is 32.1 Å². The van der Waals surface area contributed by atoms with Gasteiger partial charge in [0.1, 0.15) is 0 Å². The molecule has 1 amide bonds. The van der Waals surface area contributed by atoms with Gasteiger partial charge in [-0.3, -0.25) is 14.4 Å². The fraction of sp³-hybridized carbons (Fsp3) is 0.250. The molecule has 3 N–H and O–H groups in total. The minimum atomic E-state index is -1.00. The summed E-state index contributed by atoms with van der Waals surface area (Å²) in [7, 11) is 0. The van der Waals surface area contributed by atoms with Crippen molar-refractivity contribution in [3.8, 4) is 11.1 Å². The second-order valence-corrected chi connectivity index (χ2v) is 8.44. The highest BCUT2D eigenvalue weighted by Gasteiger charge is 2.28. The zero-order chi connectivity index (χ0) is 24.5. The first-order valence-corrected chi connectivity index (χ1v) is 11.3. The van der Waals surface area contributed by atoms with Crippen LogP contribution in [0, 0.1) is 12.8 Å². The molecule has 3 aromatic rings. The molecule has 0 bridgehead atoms. The third kappa shape index (κ3) is 7.04. The van der Waals surface area contributed by atoms with E-state index in [0.717, 1.165) is 22.3 Å². The van der Waals surface area contributed by atoms with E-state index in [2.05, 4.69) is 5.32 Å². The largest absolute Gasteiger partial charge is 0.481 e. The normalized spacial score (nSPS) is 12.5. The fourth-order valence-corrected chi connectivity index (χ4v) is 3.93. The monoisotopic (exact) mass is 459 g/mol. The molecule has 0 saturated carbocycles. The summed E-state index contributed by atoms with van der Waals surface area (Å²) in [5.74, 6) is -3.81. The summed E-state index contributed by atoms with van der Waals surface area (Å²) in [6, 6.07) is 25.1. The van der Waals surface area contributed by atoms with Crippen molar-refractivity contribution in [2.75, 3.05) is 6.54 Å². The van der Waals surface area contributed by atoms with Gasteiger partial charge in [0.2, 0.25) is 5.91 Å². The van der Waals surface area contributed by atoms with Crippen LogP contribution in [0.4, 0.5) is 0 Å². The molecule has 0 unspecified atom stereocenters. The number of aryl methyl sites for hydroxylation is 1. The number of carbonyl (C=O) groups is 3. The number of benzene rings is 3. The smallest absolute Gasteiger partial charge is 0.310 e. The number of aliphatic carboxylic acids is 2. The molecule has 0 fully saturated rings. The van der Waals surface area contributed by atoms with Crippen molar-refractivity contribution >= 4 is 17.8 Å². The zero-order valence-electron chi connectivity index (χ0n) is 19.1. The van der Waals surface area contributed by atoms with Gasteiger partial charge in [-0.15, -0.1) is 0 Å². The van der Waals surface area contributed by atoms with Gasteiger partial charge in [-0.05, 0) is 42.0 Å². The van der Waals surface area contributed by atoms with E-state index in [1.54, 1.807) is 12.1 Å². The van der Waals surface area contributed by atoms with Gasteiger partial charge in [0.05, 0.1) is 12.3 Å². The Kier molecular flexibility index (Phi) is 8.57. The highest BCUT2D eigenvalue weighted by molar-refractivity contribution is 5.82. The number of amides is 1. The number of nitrogens with one attached hydrogen (secondary N) is 1. The van der Waals surface area contributed by atoms with E-state index in [-0.39, 0.29) is 25.3 Å². The lowest BCUT2D eigenvalue weighted by atomic mass is 9.84. The molecule has 3 aromatic carbocycles. The number of hydrogen-bond donors (Lipinski definition) is 3. The number of rotatable bonds is 11. The molecular formula is C28H29NO5. The molecule has 0 heterocycles. The van der Waals surface area contributed by atoms with E-state index in [1.807, 2.05) is 73.7 Å². The van der Waals surface area contributed by atoms with Gasteiger partial charge in [0.15, 0.2) is 0 Å². The maximum atomic E-state index is 13.0. The highest BCUT2D eigenvalue weighted by atomic mass is 16.4. The number of carboxylic acids is 2. The average molecular weight is 460 g/mol. The number of hydrogen-bond acceptors (Lipinski definition) is 3. The first kappa shape index (κ1) is 24.7. The molecule has 0 spiro atoms. The second-order valence-electron chi connectivity index (χ2n) is 8.44. The van der Waals surface area contributed by atoms with Gasteiger partial charge in [0.25, 0.3) is 0 Å². The maximum Gasteiger partial charge on any atom is 0.310 e. The molecule has 0 aliphatic rings. The standard InChI is InChI=1S/C28H29NO5/c1-19-7-11-23(12-8-19)25(28(33)34)18-24(27(32)29-16-15-26(30)31)17-20-9-13-22(14-10-20)21-5-3-2-4-6-21/h2-14,24-25H,15-18H2,1H3,(H,29,32)(H,30,31)(H,33,34)/t24-,25+/m1/s1. The summed E-state index contributed by atoms with van der Waals surface area (Å²) in [4.78, 5) is 35.9. The van der Waals surface area contributed by atoms with Gasteiger partial charge in [-0.25, -0.2) is 0 Å². The summed E-state index contributed by atoms with van der Waals surface area (Å²) in [6.07, 6.45) is 0.270. The minimum Gasteiger partial charge on any atom is -0.481 e. The lowest BCUT2D eigenvalue weighted by molar-refractivity contribution is -0.139. The van der Waals surface area contributed by atoms with Gasteiger partial charge in [0, 0.05) is 12.5 Å². The molecule has 2 atom stereocenters. The van der Waals surface area contributed by atoms with Crippen LogP contribution in [-0.2, 0) is 20.8 Å². The van der Waals surface area contributed by atoms with E-state index in [4.69, 9.17) is 5.11 Å². The van der Waals surface area contributed by atoms with Crippen LogP contribution in [0.25, 0.3) is 11.1 Å². The van der Waals surface area contributed by atoms with Crippen LogP contribution >= 0.6 is 0 Å². The van der Waals surface area contributed by atoms with Crippen molar-refractivity contribution < 1.29 is 24.6 Å². The molecule has 6 nitrogen and oxygen atoms in total. The van der Waals surface area contributed by atoms with Crippen molar-refractivity contribution in [1.82, 2.24) is 5.32 Å². The van der Waals surface area contributed by atoms with Crippen LogP contribution in [0.1, 0.15) is 35.4 Å². The van der Waals surface area contributed by atoms with Gasteiger partial charge in [-0.1, -0.05) is 84.4 Å². The SMILES string of the molecule is Cc1ccc([C@H](C[C@@H](Cc2ccc(-c3ccccc3)cc2)C(=O)NCCC(=O)O)C(=O)O)cc1. The van der Waals surface area contributed by atoms with Crippen molar-refractivity contribution in [2.24, 2.45) is 5.92 Å². The summed E-state index contributed by atoms with van der Waals surface area (Å²) in [5.41, 5.74) is 4.71. The lowest BCUT2D eigenvalue weighted by Gasteiger charge is -2.21. The molecule has 0 aliphatic heterocycles. The average Bonchev–Trinajstić information content (AvgIpc) is 2.83. The number of carboxylic acid groups (broad SMARTS) is 2. The molecule has 0 aromatic heterocycles. The quantitative estimate of drug-likeness (QED) is 0.387. The van der Waals surface area contributed by atoms with Crippen LogP contribution in [0.3, 0.4) is 0 Å². The Bertz CT molecular complexity index is 1110. The fourth-order valence-electron chi connectivity index (χ4n) is 3.93. The van der Waals surface area contributed by atoms with E-state index in [0.29, 0.717) is 12.0 Å². The molecule has 0 saturated heterocycles. The summed E-state index contributed by atoms with van der Waals surface area (Å²) in [6.45, 7) is 1.93. The molecule has 0 radical (unpaired) electrons. The number of carbonyl (C=O) groups excluding carboxylic acids is 1. The maximum absolute atomic E-state index is 13.0. The predicted octanol–water partition coefficient (Wildman–Crippen LogP) is 4.67. The minimum absolute atomic E-state index is 0.000118. The van der Waals surface area contributed by atoms with Crippen LogP contribution in [0.15, 0.2) is 78.9 Å². The van der Waals surface area contributed by atoms with E-state index >= 15 is 0 Å². The summed E-state index contributed by atoms with van der Waals surface area (Å²) >= 11 is 0. The first-order chi connectivity index (χ1) is 16.3. The second kappa shape index (κ2) is 11.8. The van der Waals surface area contributed by atoms with E-state index < -0.39 is 23.8 Å². The molecule has 6 heteroatoms. The molecule has 176 valence electrons. The highest BCUT2D eigenvalue weighted by Crippen LogP contribution is 2.28. The van der Waals surface area contributed by atoms with Crippen molar-refractivity contribution in [3.63, 3.8) is 0 Å². The lowest BCUT2D eigenvalue weighted by Crippen LogP contribution is -2.35. The Morgan fingerprint density at radius 2 is 1.44 bits per heavy atom. The Morgan fingerprint density at radius 3 is 2.03 bits per heavy atom. The van der Waals surface area contributed by atoms with Gasteiger partial charge in [-0.2, -0.15) is 0 Å². The third-order valence-corrected chi connectivity index (χ3v) is 5.85. The molecule has 0 aliphatic carbocycles. The van der Waals surface area contributed by atoms with Crippen LogP contribution in [-0.4, -0.2) is 34.6 Å². The predicted molar refractivity (Wildman–Crippen MR) is 131 cm³/mol. The van der Waals surface area contributed by atoms with E-state index in [1.165, 1.54) is 0 Å². The molecular weight excluding hydrogens is 430 g/mol. The van der Waals surface area contributed by atoms with Crippen molar-refractivity contribution in [3.05, 3.63) is 95.6 Å². The Labute approximate surface area is 199 Å². The third-order valence-electron chi connectivity index (χ3n) is 5.85. The summed E-state index contributed by atoms with van der Waals surface area (Å²) < 4.78 is 0.